The zero-order valence-electron chi connectivity index (χ0n) is 13.3. The monoisotopic (exact) mass is 290 g/mol. The highest BCUT2D eigenvalue weighted by atomic mass is 16.5. The summed E-state index contributed by atoms with van der Waals surface area (Å²) < 4.78 is 5.54. The standard InChI is InChI=1S/C17H26N2O2/c1-4-21-17-8-6-5-7-15(17)16(20)13-19(3)12-14-9-10-18(2)11-14/h5-8,14H,4,9-13H2,1-3H3. The molecule has 2 rings (SSSR count). The maximum absolute atomic E-state index is 12.5. The molecule has 116 valence electrons. The van der Waals surface area contributed by atoms with Crippen LogP contribution < -0.4 is 4.74 Å². The van der Waals surface area contributed by atoms with Gasteiger partial charge in [-0.25, -0.2) is 0 Å². The summed E-state index contributed by atoms with van der Waals surface area (Å²) in [5.74, 6) is 1.50. The summed E-state index contributed by atoms with van der Waals surface area (Å²) in [6.45, 7) is 6.24. The van der Waals surface area contributed by atoms with Gasteiger partial charge in [0.1, 0.15) is 5.75 Å². The molecule has 4 heteroatoms. The number of likely N-dealkylation sites (N-methyl/N-ethyl adjacent to an activating group) is 1. The molecule has 0 N–H and O–H groups in total. The Morgan fingerprint density at radius 3 is 2.86 bits per heavy atom. The number of rotatable bonds is 7. The fourth-order valence-electron chi connectivity index (χ4n) is 2.99. The van der Waals surface area contributed by atoms with Crippen molar-refractivity contribution in [1.29, 1.82) is 0 Å². The van der Waals surface area contributed by atoms with Crippen LogP contribution in [0, 0.1) is 5.92 Å². The van der Waals surface area contributed by atoms with Crippen molar-refractivity contribution in [2.24, 2.45) is 5.92 Å². The first-order valence-electron chi connectivity index (χ1n) is 7.72. The van der Waals surface area contributed by atoms with E-state index in [1.54, 1.807) is 0 Å². The molecule has 1 unspecified atom stereocenters. The van der Waals surface area contributed by atoms with Crippen LogP contribution in [-0.2, 0) is 0 Å². The number of Topliss-reactive ketones (excluding diaryl/α,β-unsaturated/α-hetero) is 1. The minimum Gasteiger partial charge on any atom is -0.493 e. The number of carbonyl (C=O) groups is 1. The smallest absolute Gasteiger partial charge is 0.180 e. The molecule has 1 atom stereocenters. The third kappa shape index (κ3) is 4.55. The Hall–Kier alpha value is -1.39. The number of hydrogen-bond donors (Lipinski definition) is 0. The summed E-state index contributed by atoms with van der Waals surface area (Å²) in [6.07, 6.45) is 1.23. The molecule has 0 amide bonds. The molecule has 0 aromatic heterocycles. The Bertz CT molecular complexity index is 476. The van der Waals surface area contributed by atoms with E-state index in [2.05, 4.69) is 16.8 Å². The van der Waals surface area contributed by atoms with E-state index in [1.807, 2.05) is 38.2 Å². The topological polar surface area (TPSA) is 32.8 Å². The largest absolute Gasteiger partial charge is 0.493 e. The van der Waals surface area contributed by atoms with Crippen LogP contribution in [0.4, 0.5) is 0 Å². The highest BCUT2D eigenvalue weighted by molar-refractivity contribution is 6.00. The molecular weight excluding hydrogens is 264 g/mol. The number of ketones is 1. The number of hydrogen-bond acceptors (Lipinski definition) is 4. The van der Waals surface area contributed by atoms with E-state index < -0.39 is 0 Å². The van der Waals surface area contributed by atoms with Crippen molar-refractivity contribution in [3.63, 3.8) is 0 Å². The summed E-state index contributed by atoms with van der Waals surface area (Å²) in [5.41, 5.74) is 0.690. The highest BCUT2D eigenvalue weighted by Gasteiger charge is 2.22. The second-order valence-corrected chi connectivity index (χ2v) is 5.97. The minimum atomic E-state index is 0.132. The van der Waals surface area contributed by atoms with Gasteiger partial charge in [-0.15, -0.1) is 0 Å². The molecule has 0 radical (unpaired) electrons. The van der Waals surface area contributed by atoms with Gasteiger partial charge in [-0.1, -0.05) is 12.1 Å². The molecule has 4 nitrogen and oxygen atoms in total. The van der Waals surface area contributed by atoms with Crippen LogP contribution >= 0.6 is 0 Å². The lowest BCUT2D eigenvalue weighted by Crippen LogP contribution is -2.32. The molecule has 21 heavy (non-hydrogen) atoms. The predicted octanol–water partition coefficient (Wildman–Crippen LogP) is 2.15. The molecule has 1 aromatic carbocycles. The number of carbonyl (C=O) groups excluding carboxylic acids is 1. The van der Waals surface area contributed by atoms with Crippen molar-refractivity contribution < 1.29 is 9.53 Å². The normalized spacial score (nSPS) is 19.1. The van der Waals surface area contributed by atoms with Gasteiger partial charge in [-0.3, -0.25) is 9.69 Å². The van der Waals surface area contributed by atoms with Gasteiger partial charge in [0.15, 0.2) is 5.78 Å². The number of para-hydroxylation sites is 1. The zero-order chi connectivity index (χ0) is 15.2. The number of nitrogens with zero attached hydrogens (tertiary/aromatic N) is 2. The van der Waals surface area contributed by atoms with Crippen LogP contribution in [0.1, 0.15) is 23.7 Å². The van der Waals surface area contributed by atoms with Gasteiger partial charge >= 0.3 is 0 Å². The van der Waals surface area contributed by atoms with Crippen LogP contribution in [0.3, 0.4) is 0 Å². The van der Waals surface area contributed by atoms with E-state index in [-0.39, 0.29) is 5.78 Å². The van der Waals surface area contributed by atoms with E-state index in [0.717, 1.165) is 13.1 Å². The average Bonchev–Trinajstić information content (AvgIpc) is 2.84. The Labute approximate surface area is 127 Å². The second kappa shape index (κ2) is 7.57. The van der Waals surface area contributed by atoms with E-state index in [1.165, 1.54) is 13.0 Å². The van der Waals surface area contributed by atoms with Gasteiger partial charge in [-0.05, 0) is 52.0 Å². The van der Waals surface area contributed by atoms with Crippen LogP contribution in [-0.4, -0.2) is 62.5 Å². The van der Waals surface area contributed by atoms with Crippen molar-refractivity contribution >= 4 is 5.78 Å². The quantitative estimate of drug-likeness (QED) is 0.720. The maximum atomic E-state index is 12.5. The molecule has 0 saturated carbocycles. The first-order valence-corrected chi connectivity index (χ1v) is 7.72. The average molecular weight is 290 g/mol. The van der Waals surface area contributed by atoms with Crippen LogP contribution in [0.25, 0.3) is 0 Å². The van der Waals surface area contributed by atoms with Gasteiger partial charge in [0.25, 0.3) is 0 Å². The molecule has 0 spiro atoms. The lowest BCUT2D eigenvalue weighted by molar-refractivity contribution is 0.0934. The summed E-state index contributed by atoms with van der Waals surface area (Å²) in [4.78, 5) is 16.9. The van der Waals surface area contributed by atoms with E-state index in [9.17, 15) is 4.79 Å². The van der Waals surface area contributed by atoms with Gasteiger partial charge in [0.2, 0.25) is 0 Å². The van der Waals surface area contributed by atoms with E-state index >= 15 is 0 Å². The van der Waals surface area contributed by atoms with Gasteiger partial charge < -0.3 is 9.64 Å². The number of benzene rings is 1. The Morgan fingerprint density at radius 2 is 2.19 bits per heavy atom. The van der Waals surface area contributed by atoms with Gasteiger partial charge in [-0.2, -0.15) is 0 Å². The molecule has 1 aliphatic heterocycles. The molecule has 0 aliphatic carbocycles. The van der Waals surface area contributed by atoms with Crippen molar-refractivity contribution in [2.75, 3.05) is 46.9 Å². The summed E-state index contributed by atoms with van der Waals surface area (Å²) in [7, 11) is 4.18. The van der Waals surface area contributed by atoms with E-state index in [0.29, 0.717) is 30.4 Å². The van der Waals surface area contributed by atoms with Crippen LogP contribution in [0.2, 0.25) is 0 Å². The molecule has 1 heterocycles. The first-order chi connectivity index (χ1) is 10.1. The number of ether oxygens (including phenoxy) is 1. The fourth-order valence-corrected chi connectivity index (χ4v) is 2.99. The first kappa shape index (κ1) is 16.0. The minimum absolute atomic E-state index is 0.132. The summed E-state index contributed by atoms with van der Waals surface area (Å²) >= 11 is 0. The lowest BCUT2D eigenvalue weighted by Gasteiger charge is -2.20. The molecule has 1 saturated heterocycles. The van der Waals surface area contributed by atoms with Gasteiger partial charge in [0.05, 0.1) is 18.7 Å². The molecular formula is C17H26N2O2. The Morgan fingerprint density at radius 1 is 1.43 bits per heavy atom. The predicted molar refractivity (Wildman–Crippen MR) is 85.0 cm³/mol. The fraction of sp³-hybridized carbons (Fsp3) is 0.588. The highest BCUT2D eigenvalue weighted by Crippen LogP contribution is 2.20. The lowest BCUT2D eigenvalue weighted by atomic mass is 10.1. The Balaban J connectivity index is 1.91. The summed E-state index contributed by atoms with van der Waals surface area (Å²) in [5, 5.41) is 0. The second-order valence-electron chi connectivity index (χ2n) is 5.97. The summed E-state index contributed by atoms with van der Waals surface area (Å²) in [6, 6.07) is 7.51. The maximum Gasteiger partial charge on any atom is 0.180 e. The molecule has 1 aliphatic rings. The van der Waals surface area contributed by atoms with Gasteiger partial charge in [0, 0.05) is 13.1 Å². The molecule has 1 aromatic rings. The third-order valence-electron chi connectivity index (χ3n) is 3.96. The van der Waals surface area contributed by atoms with Crippen LogP contribution in [0.5, 0.6) is 5.75 Å². The van der Waals surface area contributed by atoms with Crippen molar-refractivity contribution in [3.05, 3.63) is 29.8 Å². The molecule has 0 bridgehead atoms. The van der Waals surface area contributed by atoms with E-state index in [4.69, 9.17) is 4.74 Å². The SMILES string of the molecule is CCOc1ccccc1C(=O)CN(C)CC1CCN(C)C1. The van der Waals surface area contributed by atoms with Crippen molar-refractivity contribution in [3.8, 4) is 5.75 Å². The van der Waals surface area contributed by atoms with Crippen molar-refractivity contribution in [2.45, 2.75) is 13.3 Å². The molecule has 1 fully saturated rings. The Kier molecular flexibility index (Phi) is 5.76. The van der Waals surface area contributed by atoms with Crippen LogP contribution in [0.15, 0.2) is 24.3 Å². The number of likely N-dealkylation sites (tertiary alicyclic amines) is 1. The van der Waals surface area contributed by atoms with Crippen molar-refractivity contribution in [1.82, 2.24) is 9.80 Å². The third-order valence-corrected chi connectivity index (χ3v) is 3.96. The zero-order valence-corrected chi connectivity index (χ0v) is 13.3.